The molecule has 0 aliphatic heterocycles. The number of hydrogen-bond donors (Lipinski definition) is 2. The number of ether oxygens (including phenoxy) is 1. The molecule has 6 heteroatoms. The van der Waals surface area contributed by atoms with E-state index in [1.165, 1.54) is 4.88 Å². The van der Waals surface area contributed by atoms with Crippen LogP contribution < -0.4 is 10.6 Å². The van der Waals surface area contributed by atoms with Crippen molar-refractivity contribution in [2.24, 2.45) is 0 Å². The highest BCUT2D eigenvalue weighted by Crippen LogP contribution is 2.10. The molecule has 108 valence electrons. The minimum atomic E-state index is -0.459. The van der Waals surface area contributed by atoms with Crippen molar-refractivity contribution in [3.8, 4) is 0 Å². The molecule has 0 saturated carbocycles. The third-order valence-corrected chi connectivity index (χ3v) is 3.14. The van der Waals surface area contributed by atoms with Crippen molar-refractivity contribution in [3.63, 3.8) is 0 Å². The topological polar surface area (TPSA) is 63.2 Å². The van der Waals surface area contributed by atoms with Crippen molar-refractivity contribution in [1.29, 1.82) is 0 Å². The molecule has 0 aliphatic carbocycles. The Morgan fingerprint density at radius 1 is 1.53 bits per heavy atom. The maximum atomic E-state index is 11.5. The number of carbonyl (C=O) groups excluding carboxylic acids is 1. The van der Waals surface area contributed by atoms with Crippen molar-refractivity contribution in [3.05, 3.63) is 16.1 Å². The normalized spacial score (nSPS) is 13.1. The fraction of sp³-hybridized carbons (Fsp3) is 0.692. The molecule has 19 heavy (non-hydrogen) atoms. The Balaban J connectivity index is 2.21. The highest BCUT2D eigenvalue weighted by Gasteiger charge is 2.16. The first kappa shape index (κ1) is 15.9. The summed E-state index contributed by atoms with van der Waals surface area (Å²) in [6.07, 6.45) is 1.48. The smallest absolute Gasteiger partial charge is 0.407 e. The zero-order valence-corrected chi connectivity index (χ0v) is 13.1. The van der Waals surface area contributed by atoms with Crippen LogP contribution in [0.2, 0.25) is 0 Å². The van der Waals surface area contributed by atoms with Crippen LogP contribution in [0.5, 0.6) is 0 Å². The van der Waals surface area contributed by atoms with Crippen molar-refractivity contribution in [2.45, 2.75) is 52.8 Å². The van der Waals surface area contributed by atoms with Gasteiger partial charge in [0.05, 0.1) is 0 Å². The molecular formula is C13H23N3O2S. The highest BCUT2D eigenvalue weighted by molar-refractivity contribution is 7.11. The van der Waals surface area contributed by atoms with E-state index < -0.39 is 5.60 Å². The number of alkyl carbamates (subject to hydrolysis) is 1. The van der Waals surface area contributed by atoms with E-state index in [0.717, 1.165) is 11.6 Å². The molecule has 0 aromatic carbocycles. The van der Waals surface area contributed by atoms with E-state index in [4.69, 9.17) is 4.74 Å². The summed E-state index contributed by atoms with van der Waals surface area (Å²) < 4.78 is 5.17. The maximum Gasteiger partial charge on any atom is 0.407 e. The van der Waals surface area contributed by atoms with Crippen LogP contribution in [0.25, 0.3) is 0 Å². The molecule has 1 amide bonds. The van der Waals surface area contributed by atoms with Crippen molar-refractivity contribution in [1.82, 2.24) is 15.6 Å². The minimum absolute atomic E-state index is 0.164. The number of nitrogens with zero attached hydrogens (tertiary/aromatic N) is 1. The Bertz CT molecular complexity index is 412. The standard InChI is InChI=1S/C13H23N3O2S/c1-9(6-16-12(17)18-13(3,4)5)14-8-11-15-7-10(2)19-11/h7,9,14H,6,8H2,1-5H3,(H,16,17). The molecule has 0 radical (unpaired) electrons. The summed E-state index contributed by atoms with van der Waals surface area (Å²) in [5.41, 5.74) is -0.459. The molecule has 0 aliphatic rings. The first-order valence-corrected chi connectivity index (χ1v) is 7.19. The fourth-order valence-corrected chi connectivity index (χ4v) is 2.11. The van der Waals surface area contributed by atoms with E-state index in [1.54, 1.807) is 11.3 Å². The molecule has 0 bridgehead atoms. The van der Waals surface area contributed by atoms with E-state index in [1.807, 2.05) is 40.8 Å². The Morgan fingerprint density at radius 3 is 2.74 bits per heavy atom. The predicted octanol–water partition coefficient (Wildman–Crippen LogP) is 2.45. The summed E-state index contributed by atoms with van der Waals surface area (Å²) in [5, 5.41) is 7.10. The van der Waals surface area contributed by atoms with Gasteiger partial charge in [-0.1, -0.05) is 0 Å². The van der Waals surface area contributed by atoms with E-state index in [-0.39, 0.29) is 12.1 Å². The van der Waals surface area contributed by atoms with Gasteiger partial charge in [-0.3, -0.25) is 0 Å². The quantitative estimate of drug-likeness (QED) is 0.872. The van der Waals surface area contributed by atoms with Gasteiger partial charge in [-0.15, -0.1) is 11.3 Å². The molecular weight excluding hydrogens is 262 g/mol. The summed E-state index contributed by atoms with van der Waals surface area (Å²) in [6, 6.07) is 0.164. The number of hydrogen-bond acceptors (Lipinski definition) is 5. The summed E-state index contributed by atoms with van der Waals surface area (Å²) in [7, 11) is 0. The van der Waals surface area contributed by atoms with E-state index >= 15 is 0 Å². The van der Waals surface area contributed by atoms with E-state index in [9.17, 15) is 4.79 Å². The monoisotopic (exact) mass is 285 g/mol. The van der Waals surface area contributed by atoms with Crippen molar-refractivity contribution in [2.75, 3.05) is 6.54 Å². The Hall–Kier alpha value is -1.14. The van der Waals surface area contributed by atoms with Crippen LogP contribution in [0.4, 0.5) is 4.79 Å². The number of aryl methyl sites for hydroxylation is 1. The second-order valence-electron chi connectivity index (χ2n) is 5.53. The Morgan fingerprint density at radius 2 is 2.21 bits per heavy atom. The number of amides is 1. The SMILES string of the molecule is Cc1cnc(CNC(C)CNC(=O)OC(C)(C)C)s1. The molecule has 1 rings (SSSR count). The minimum Gasteiger partial charge on any atom is -0.444 e. The highest BCUT2D eigenvalue weighted by atomic mass is 32.1. The summed E-state index contributed by atoms with van der Waals surface area (Å²) >= 11 is 1.68. The number of rotatable bonds is 5. The van der Waals surface area contributed by atoms with E-state index in [2.05, 4.69) is 15.6 Å². The van der Waals surface area contributed by atoms with Crippen molar-refractivity contribution >= 4 is 17.4 Å². The van der Waals surface area contributed by atoms with Gasteiger partial charge in [-0.2, -0.15) is 0 Å². The summed E-state index contributed by atoms with van der Waals surface area (Å²) in [5.74, 6) is 0. The molecule has 0 spiro atoms. The first-order chi connectivity index (χ1) is 8.76. The van der Waals surface area contributed by atoms with Gasteiger partial charge in [0.25, 0.3) is 0 Å². The van der Waals surface area contributed by atoms with Gasteiger partial charge in [-0.05, 0) is 34.6 Å². The third kappa shape index (κ3) is 7.12. The molecule has 5 nitrogen and oxygen atoms in total. The number of aromatic nitrogens is 1. The van der Waals surface area contributed by atoms with Crippen LogP contribution in [0.1, 0.15) is 37.6 Å². The van der Waals surface area contributed by atoms with Crippen LogP contribution in [0, 0.1) is 6.92 Å². The van der Waals surface area contributed by atoms with Gasteiger partial charge in [0.2, 0.25) is 0 Å². The average molecular weight is 285 g/mol. The molecule has 1 heterocycles. The Kier molecular flexibility index (Phi) is 5.75. The zero-order chi connectivity index (χ0) is 14.5. The van der Waals surface area contributed by atoms with Crippen LogP contribution >= 0.6 is 11.3 Å². The lowest BCUT2D eigenvalue weighted by Crippen LogP contribution is -2.40. The summed E-state index contributed by atoms with van der Waals surface area (Å²) in [4.78, 5) is 16.9. The molecule has 2 N–H and O–H groups in total. The van der Waals surface area contributed by atoms with Crippen LogP contribution in [0.3, 0.4) is 0 Å². The van der Waals surface area contributed by atoms with Crippen LogP contribution in [-0.4, -0.2) is 29.3 Å². The summed E-state index contributed by atoms with van der Waals surface area (Å²) in [6.45, 7) is 10.8. The average Bonchev–Trinajstić information content (AvgIpc) is 2.67. The maximum absolute atomic E-state index is 11.5. The second kappa shape index (κ2) is 6.86. The molecule has 1 aromatic rings. The predicted molar refractivity (Wildman–Crippen MR) is 77.4 cm³/mol. The molecule has 0 fully saturated rings. The van der Waals surface area contributed by atoms with Gasteiger partial charge in [0.15, 0.2) is 0 Å². The van der Waals surface area contributed by atoms with Gasteiger partial charge in [0.1, 0.15) is 10.6 Å². The molecule has 1 unspecified atom stereocenters. The second-order valence-corrected chi connectivity index (χ2v) is 6.85. The van der Waals surface area contributed by atoms with Gasteiger partial charge in [0, 0.05) is 30.2 Å². The van der Waals surface area contributed by atoms with E-state index in [0.29, 0.717) is 6.54 Å². The van der Waals surface area contributed by atoms with Gasteiger partial charge < -0.3 is 15.4 Å². The lowest BCUT2D eigenvalue weighted by Gasteiger charge is -2.21. The Labute approximate surface area is 118 Å². The molecule has 1 aromatic heterocycles. The fourth-order valence-electron chi connectivity index (χ4n) is 1.37. The van der Waals surface area contributed by atoms with Crippen molar-refractivity contribution < 1.29 is 9.53 Å². The van der Waals surface area contributed by atoms with Crippen LogP contribution in [-0.2, 0) is 11.3 Å². The largest absolute Gasteiger partial charge is 0.444 e. The number of carbonyl (C=O) groups is 1. The lowest BCUT2D eigenvalue weighted by atomic mass is 10.2. The number of nitrogens with one attached hydrogen (secondary N) is 2. The lowest BCUT2D eigenvalue weighted by molar-refractivity contribution is 0.0523. The van der Waals surface area contributed by atoms with Gasteiger partial charge in [-0.25, -0.2) is 9.78 Å². The van der Waals surface area contributed by atoms with Crippen LogP contribution in [0.15, 0.2) is 6.20 Å². The molecule has 0 saturated heterocycles. The van der Waals surface area contributed by atoms with Gasteiger partial charge >= 0.3 is 6.09 Å². The first-order valence-electron chi connectivity index (χ1n) is 6.38. The third-order valence-electron chi connectivity index (χ3n) is 2.22. The number of thiazole rings is 1. The molecule has 1 atom stereocenters. The zero-order valence-electron chi connectivity index (χ0n) is 12.2.